The summed E-state index contributed by atoms with van der Waals surface area (Å²) in [4.78, 5) is 0. The molecule has 0 spiro atoms. The van der Waals surface area contributed by atoms with Crippen LogP contribution in [0.15, 0.2) is 48.5 Å². The molecule has 0 radical (unpaired) electrons. The fraction of sp³-hybridized carbons (Fsp3) is 0.294. The molecule has 0 fully saturated rings. The summed E-state index contributed by atoms with van der Waals surface area (Å²) in [6, 6.07) is 17.2. The van der Waals surface area contributed by atoms with E-state index in [0.29, 0.717) is 6.04 Å². The van der Waals surface area contributed by atoms with E-state index in [9.17, 15) is 0 Å². The Balaban J connectivity index is 2.23. The van der Waals surface area contributed by atoms with Gasteiger partial charge in [0.2, 0.25) is 0 Å². The highest BCUT2D eigenvalue weighted by Crippen LogP contribution is 2.24. The Bertz CT molecular complexity index is 556. The summed E-state index contributed by atoms with van der Waals surface area (Å²) in [6.07, 6.45) is 0.963. The van der Waals surface area contributed by atoms with Gasteiger partial charge in [0.25, 0.3) is 0 Å². The van der Waals surface area contributed by atoms with Crippen molar-refractivity contribution in [2.45, 2.75) is 19.4 Å². The number of hydrogen-bond acceptors (Lipinski definition) is 2. The monoisotopic (exact) mass is 381 g/mol. The van der Waals surface area contributed by atoms with E-state index in [2.05, 4.69) is 71.2 Å². The van der Waals surface area contributed by atoms with Gasteiger partial charge < -0.3 is 10.1 Å². The Kier molecular flexibility index (Phi) is 5.86. The van der Waals surface area contributed by atoms with E-state index in [-0.39, 0.29) is 0 Å². The first kappa shape index (κ1) is 15.3. The average molecular weight is 381 g/mol. The summed E-state index contributed by atoms with van der Waals surface area (Å²) in [7, 11) is 1.71. The maximum atomic E-state index is 5.30. The van der Waals surface area contributed by atoms with Crippen LogP contribution in [0.1, 0.15) is 24.1 Å². The summed E-state index contributed by atoms with van der Waals surface area (Å²) < 4.78 is 6.61. The second-order valence-electron chi connectivity index (χ2n) is 4.69. The van der Waals surface area contributed by atoms with Gasteiger partial charge in [0, 0.05) is 9.61 Å². The van der Waals surface area contributed by atoms with Crippen molar-refractivity contribution in [3.8, 4) is 5.75 Å². The molecular formula is C17H20INO. The van der Waals surface area contributed by atoms with Gasteiger partial charge in [0.15, 0.2) is 0 Å². The molecule has 0 aliphatic heterocycles. The van der Waals surface area contributed by atoms with Crippen molar-refractivity contribution < 1.29 is 4.74 Å². The molecule has 0 saturated carbocycles. The maximum Gasteiger partial charge on any atom is 0.119 e. The van der Waals surface area contributed by atoms with Gasteiger partial charge >= 0.3 is 0 Å². The highest BCUT2D eigenvalue weighted by atomic mass is 127. The minimum Gasteiger partial charge on any atom is -0.497 e. The number of likely N-dealkylation sites (N-methyl/N-ethyl adjacent to an activating group) is 1. The quantitative estimate of drug-likeness (QED) is 0.758. The summed E-state index contributed by atoms with van der Waals surface area (Å²) in [5.74, 6) is 0.917. The Hall–Kier alpha value is -1.07. The van der Waals surface area contributed by atoms with Crippen molar-refractivity contribution in [1.29, 1.82) is 0 Å². The fourth-order valence-electron chi connectivity index (χ4n) is 2.33. The zero-order valence-electron chi connectivity index (χ0n) is 11.9. The molecular weight excluding hydrogens is 361 g/mol. The molecule has 106 valence electrons. The Morgan fingerprint density at radius 1 is 1.15 bits per heavy atom. The Morgan fingerprint density at radius 3 is 2.65 bits per heavy atom. The second-order valence-corrected chi connectivity index (χ2v) is 5.85. The van der Waals surface area contributed by atoms with E-state index in [1.54, 1.807) is 7.11 Å². The highest BCUT2D eigenvalue weighted by molar-refractivity contribution is 14.1. The minimum atomic E-state index is 0.334. The molecule has 0 aliphatic carbocycles. The van der Waals surface area contributed by atoms with Crippen molar-refractivity contribution in [3.63, 3.8) is 0 Å². The molecule has 0 saturated heterocycles. The Labute approximate surface area is 134 Å². The molecule has 1 atom stereocenters. The van der Waals surface area contributed by atoms with Crippen molar-refractivity contribution in [2.75, 3.05) is 13.7 Å². The number of hydrogen-bond donors (Lipinski definition) is 1. The first-order chi connectivity index (χ1) is 9.74. The minimum absolute atomic E-state index is 0.334. The lowest BCUT2D eigenvalue weighted by atomic mass is 9.98. The lowest BCUT2D eigenvalue weighted by molar-refractivity contribution is 0.414. The molecule has 1 N–H and O–H groups in total. The van der Waals surface area contributed by atoms with Crippen LogP contribution < -0.4 is 10.1 Å². The average Bonchev–Trinajstić information content (AvgIpc) is 2.47. The lowest BCUT2D eigenvalue weighted by Gasteiger charge is -2.20. The number of nitrogens with one attached hydrogen (secondary N) is 1. The van der Waals surface area contributed by atoms with Gasteiger partial charge in [-0.25, -0.2) is 0 Å². The first-order valence-corrected chi connectivity index (χ1v) is 7.93. The molecule has 0 amide bonds. The molecule has 20 heavy (non-hydrogen) atoms. The van der Waals surface area contributed by atoms with Gasteiger partial charge in [-0.2, -0.15) is 0 Å². The van der Waals surface area contributed by atoms with Crippen LogP contribution in [0.2, 0.25) is 0 Å². The lowest BCUT2D eigenvalue weighted by Crippen LogP contribution is -2.23. The second kappa shape index (κ2) is 7.64. The van der Waals surface area contributed by atoms with Crippen molar-refractivity contribution in [3.05, 3.63) is 63.2 Å². The van der Waals surface area contributed by atoms with Gasteiger partial charge in [-0.15, -0.1) is 0 Å². The summed E-state index contributed by atoms with van der Waals surface area (Å²) in [6.45, 7) is 3.11. The van der Waals surface area contributed by atoms with Gasteiger partial charge in [-0.1, -0.05) is 37.3 Å². The zero-order chi connectivity index (χ0) is 14.4. The molecule has 0 heterocycles. The maximum absolute atomic E-state index is 5.30. The van der Waals surface area contributed by atoms with Crippen LogP contribution in [0.4, 0.5) is 0 Å². The van der Waals surface area contributed by atoms with Gasteiger partial charge in [-0.05, 0) is 64.9 Å². The number of benzene rings is 2. The van der Waals surface area contributed by atoms with E-state index in [0.717, 1.165) is 18.7 Å². The van der Waals surface area contributed by atoms with E-state index < -0.39 is 0 Å². The standard InChI is InChI=1S/C17H20INO/c1-3-19-17(15-9-4-5-10-16(15)18)12-13-7-6-8-14(11-13)20-2/h4-11,17,19H,3,12H2,1-2H3. The van der Waals surface area contributed by atoms with Crippen molar-refractivity contribution in [1.82, 2.24) is 5.32 Å². The fourth-order valence-corrected chi connectivity index (χ4v) is 3.09. The van der Waals surface area contributed by atoms with Crippen LogP contribution in [0.5, 0.6) is 5.75 Å². The summed E-state index contributed by atoms with van der Waals surface area (Å²) in [5, 5.41) is 3.58. The predicted molar refractivity (Wildman–Crippen MR) is 92.3 cm³/mol. The largest absolute Gasteiger partial charge is 0.497 e. The molecule has 0 aliphatic rings. The molecule has 0 aromatic heterocycles. The number of halogens is 1. The van der Waals surface area contributed by atoms with Gasteiger partial charge in [0.1, 0.15) is 5.75 Å². The normalized spacial score (nSPS) is 12.2. The van der Waals surface area contributed by atoms with E-state index in [4.69, 9.17) is 4.74 Å². The highest BCUT2D eigenvalue weighted by Gasteiger charge is 2.14. The predicted octanol–water partition coefficient (Wildman–Crippen LogP) is 4.19. The van der Waals surface area contributed by atoms with Crippen LogP contribution >= 0.6 is 22.6 Å². The first-order valence-electron chi connectivity index (χ1n) is 6.85. The smallest absolute Gasteiger partial charge is 0.119 e. The van der Waals surface area contributed by atoms with E-state index in [1.165, 1.54) is 14.7 Å². The van der Waals surface area contributed by atoms with Crippen LogP contribution in [-0.2, 0) is 6.42 Å². The van der Waals surface area contributed by atoms with E-state index in [1.807, 2.05) is 12.1 Å². The number of methoxy groups -OCH3 is 1. The number of ether oxygens (including phenoxy) is 1. The van der Waals surface area contributed by atoms with Crippen LogP contribution in [-0.4, -0.2) is 13.7 Å². The van der Waals surface area contributed by atoms with E-state index >= 15 is 0 Å². The zero-order valence-corrected chi connectivity index (χ0v) is 14.1. The van der Waals surface area contributed by atoms with Crippen molar-refractivity contribution in [2.24, 2.45) is 0 Å². The van der Waals surface area contributed by atoms with Gasteiger partial charge in [0.05, 0.1) is 7.11 Å². The molecule has 1 unspecified atom stereocenters. The number of rotatable bonds is 6. The molecule has 2 nitrogen and oxygen atoms in total. The Morgan fingerprint density at radius 2 is 1.95 bits per heavy atom. The third-order valence-electron chi connectivity index (χ3n) is 3.31. The third-order valence-corrected chi connectivity index (χ3v) is 4.29. The molecule has 2 aromatic rings. The van der Waals surface area contributed by atoms with Crippen molar-refractivity contribution >= 4 is 22.6 Å². The molecule has 2 aromatic carbocycles. The molecule has 3 heteroatoms. The third kappa shape index (κ3) is 3.96. The van der Waals surface area contributed by atoms with Crippen LogP contribution in [0.25, 0.3) is 0 Å². The summed E-state index contributed by atoms with van der Waals surface area (Å²) in [5.41, 5.74) is 2.65. The van der Waals surface area contributed by atoms with Crippen LogP contribution in [0.3, 0.4) is 0 Å². The van der Waals surface area contributed by atoms with Crippen LogP contribution in [0, 0.1) is 3.57 Å². The van der Waals surface area contributed by atoms with Gasteiger partial charge in [-0.3, -0.25) is 0 Å². The topological polar surface area (TPSA) is 21.3 Å². The molecule has 2 rings (SSSR count). The SMILES string of the molecule is CCNC(Cc1cccc(OC)c1)c1ccccc1I. The summed E-state index contributed by atoms with van der Waals surface area (Å²) >= 11 is 2.41. The molecule has 0 bridgehead atoms.